The van der Waals surface area contributed by atoms with Gasteiger partial charge in [0.05, 0.1) is 12.0 Å². The van der Waals surface area contributed by atoms with Crippen molar-refractivity contribution in [3.05, 3.63) is 76.7 Å². The van der Waals surface area contributed by atoms with Gasteiger partial charge in [0.2, 0.25) is 0 Å². The number of nitrogens with zero attached hydrogens (tertiary/aromatic N) is 1. The average molecular weight is 385 g/mol. The van der Waals surface area contributed by atoms with E-state index in [1.165, 1.54) is 6.26 Å². The number of aromatic hydroxyl groups is 1. The maximum Gasteiger partial charge on any atom is 0.291 e. The number of halogens is 1. The van der Waals surface area contributed by atoms with Crippen LogP contribution in [0.4, 0.5) is 11.4 Å². The van der Waals surface area contributed by atoms with Crippen molar-refractivity contribution in [1.29, 1.82) is 0 Å². The van der Waals surface area contributed by atoms with Crippen LogP contribution in [0, 0.1) is 0 Å². The highest BCUT2D eigenvalue weighted by Crippen LogP contribution is 2.22. The van der Waals surface area contributed by atoms with E-state index in [0.29, 0.717) is 16.9 Å². The van der Waals surface area contributed by atoms with Crippen molar-refractivity contribution in [3.63, 3.8) is 0 Å². The summed E-state index contributed by atoms with van der Waals surface area (Å²) >= 11 is 3.35. The molecule has 0 bridgehead atoms. The molecule has 0 radical (unpaired) electrons. The Balaban J connectivity index is 1.69. The van der Waals surface area contributed by atoms with E-state index in [-0.39, 0.29) is 17.4 Å². The van der Waals surface area contributed by atoms with Gasteiger partial charge in [-0.15, -0.1) is 0 Å². The second kappa shape index (κ2) is 7.14. The molecule has 6 heteroatoms. The van der Waals surface area contributed by atoms with Crippen molar-refractivity contribution in [3.8, 4) is 5.75 Å². The fourth-order valence-electron chi connectivity index (χ4n) is 2.00. The summed E-state index contributed by atoms with van der Waals surface area (Å²) < 4.78 is 5.90. The van der Waals surface area contributed by atoms with E-state index in [4.69, 9.17) is 4.42 Å². The van der Waals surface area contributed by atoms with Crippen LogP contribution in [0.1, 0.15) is 16.1 Å². The lowest BCUT2D eigenvalue weighted by Crippen LogP contribution is -2.10. The summed E-state index contributed by atoms with van der Waals surface area (Å²) in [5, 5.41) is 12.5. The van der Waals surface area contributed by atoms with Crippen molar-refractivity contribution < 1.29 is 14.3 Å². The van der Waals surface area contributed by atoms with Crippen LogP contribution in [0.15, 0.2) is 74.7 Å². The molecule has 1 aromatic heterocycles. The quantitative estimate of drug-likeness (QED) is 0.637. The molecule has 0 fully saturated rings. The van der Waals surface area contributed by atoms with Gasteiger partial charge in [-0.3, -0.25) is 9.79 Å². The molecule has 0 unspecified atom stereocenters. The number of phenols is 1. The Morgan fingerprint density at radius 2 is 1.96 bits per heavy atom. The fraction of sp³-hybridized carbons (Fsp3) is 0. The van der Waals surface area contributed by atoms with Gasteiger partial charge in [-0.25, -0.2) is 0 Å². The lowest BCUT2D eigenvalue weighted by Gasteiger charge is -2.03. The number of carbonyl (C=O) groups is 1. The highest BCUT2D eigenvalue weighted by Gasteiger charge is 2.08. The molecule has 0 spiro atoms. The lowest BCUT2D eigenvalue weighted by atomic mass is 10.2. The summed E-state index contributed by atoms with van der Waals surface area (Å²) in [6.45, 7) is 0. The molecular formula is C18H13BrN2O3. The average Bonchev–Trinajstić information content (AvgIpc) is 3.12. The SMILES string of the molecule is O=C(Nc1ccc(N=Cc2cc(Br)ccc2O)cc1)c1ccco1. The van der Waals surface area contributed by atoms with Crippen LogP contribution in [-0.4, -0.2) is 17.2 Å². The van der Waals surface area contributed by atoms with Crippen LogP contribution in [0.25, 0.3) is 0 Å². The predicted octanol–water partition coefficient (Wildman–Crippen LogP) is 4.75. The normalized spacial score (nSPS) is 10.9. The largest absolute Gasteiger partial charge is 0.507 e. The molecular weight excluding hydrogens is 372 g/mol. The molecule has 0 aliphatic rings. The van der Waals surface area contributed by atoms with E-state index in [2.05, 4.69) is 26.2 Å². The number of furan rings is 1. The van der Waals surface area contributed by atoms with Gasteiger partial charge in [0, 0.05) is 21.9 Å². The summed E-state index contributed by atoms with van der Waals surface area (Å²) in [4.78, 5) is 16.2. The Hall–Kier alpha value is -2.86. The third-order valence-corrected chi connectivity index (χ3v) is 3.71. The minimum atomic E-state index is -0.310. The number of rotatable bonds is 4. The van der Waals surface area contributed by atoms with Crippen molar-refractivity contribution >= 4 is 39.4 Å². The van der Waals surface area contributed by atoms with Gasteiger partial charge in [-0.2, -0.15) is 0 Å². The maximum atomic E-state index is 11.9. The van der Waals surface area contributed by atoms with Crippen molar-refractivity contribution in [2.45, 2.75) is 0 Å². The van der Waals surface area contributed by atoms with Crippen molar-refractivity contribution in [2.24, 2.45) is 4.99 Å². The third kappa shape index (κ3) is 3.91. The summed E-state index contributed by atoms with van der Waals surface area (Å²) in [6, 6.07) is 15.4. The fourth-order valence-corrected chi connectivity index (χ4v) is 2.38. The molecule has 0 saturated carbocycles. The number of phenolic OH excluding ortho intramolecular Hbond substituents is 1. The number of carbonyl (C=O) groups excluding carboxylic acids is 1. The van der Waals surface area contributed by atoms with Gasteiger partial charge in [0.15, 0.2) is 5.76 Å². The zero-order valence-electron chi connectivity index (χ0n) is 12.4. The zero-order valence-corrected chi connectivity index (χ0v) is 14.0. The molecule has 1 heterocycles. The Morgan fingerprint density at radius 1 is 1.17 bits per heavy atom. The van der Waals surface area contributed by atoms with Crippen LogP contribution in [0.5, 0.6) is 5.75 Å². The summed E-state index contributed by atoms with van der Waals surface area (Å²) in [5.74, 6) is 0.0989. The molecule has 2 aromatic carbocycles. The number of amides is 1. The van der Waals surface area contributed by atoms with E-state index in [9.17, 15) is 9.90 Å². The predicted molar refractivity (Wildman–Crippen MR) is 96.2 cm³/mol. The Morgan fingerprint density at radius 3 is 2.67 bits per heavy atom. The number of benzene rings is 2. The molecule has 0 saturated heterocycles. The van der Waals surface area contributed by atoms with Crippen LogP contribution < -0.4 is 5.32 Å². The van der Waals surface area contributed by atoms with E-state index >= 15 is 0 Å². The molecule has 120 valence electrons. The number of anilines is 1. The van der Waals surface area contributed by atoms with Gasteiger partial charge in [-0.1, -0.05) is 15.9 Å². The molecule has 5 nitrogen and oxygen atoms in total. The van der Waals surface area contributed by atoms with E-state index in [1.54, 1.807) is 60.8 Å². The van der Waals surface area contributed by atoms with Gasteiger partial charge in [0.25, 0.3) is 5.91 Å². The maximum absolute atomic E-state index is 11.9. The summed E-state index contributed by atoms with van der Waals surface area (Å²) in [7, 11) is 0. The molecule has 3 rings (SSSR count). The first-order chi connectivity index (χ1) is 11.6. The molecule has 24 heavy (non-hydrogen) atoms. The summed E-state index contributed by atoms with van der Waals surface area (Å²) in [6.07, 6.45) is 3.03. The number of aliphatic imine (C=N–C) groups is 1. The van der Waals surface area contributed by atoms with Crippen LogP contribution >= 0.6 is 15.9 Å². The monoisotopic (exact) mass is 384 g/mol. The second-order valence-corrected chi connectivity index (χ2v) is 5.86. The molecule has 0 aliphatic heterocycles. The van der Waals surface area contributed by atoms with Gasteiger partial charge in [0.1, 0.15) is 5.75 Å². The van der Waals surface area contributed by atoms with Gasteiger partial charge < -0.3 is 14.8 Å². The standard InChI is InChI=1S/C18H13BrN2O3/c19-13-3-8-16(22)12(10-13)11-20-14-4-6-15(7-5-14)21-18(23)17-2-1-9-24-17/h1-11,22H,(H,21,23). The Kier molecular flexibility index (Phi) is 4.77. The first-order valence-corrected chi connectivity index (χ1v) is 7.88. The zero-order chi connectivity index (χ0) is 16.9. The molecule has 0 aliphatic carbocycles. The highest BCUT2D eigenvalue weighted by molar-refractivity contribution is 9.10. The van der Waals surface area contributed by atoms with E-state index in [0.717, 1.165) is 4.47 Å². The number of nitrogens with one attached hydrogen (secondary N) is 1. The molecule has 2 N–H and O–H groups in total. The lowest BCUT2D eigenvalue weighted by molar-refractivity contribution is 0.0996. The van der Waals surface area contributed by atoms with Crippen molar-refractivity contribution in [1.82, 2.24) is 0 Å². The first-order valence-electron chi connectivity index (χ1n) is 7.09. The molecule has 3 aromatic rings. The summed E-state index contributed by atoms with van der Waals surface area (Å²) in [5.41, 5.74) is 1.95. The van der Waals surface area contributed by atoms with Crippen LogP contribution in [0.3, 0.4) is 0 Å². The first kappa shape index (κ1) is 16.0. The minimum absolute atomic E-state index is 0.157. The van der Waals surface area contributed by atoms with Crippen molar-refractivity contribution in [2.75, 3.05) is 5.32 Å². The van der Waals surface area contributed by atoms with Gasteiger partial charge in [-0.05, 0) is 54.6 Å². The number of hydrogen-bond donors (Lipinski definition) is 2. The highest BCUT2D eigenvalue weighted by atomic mass is 79.9. The Bertz CT molecular complexity index is 872. The minimum Gasteiger partial charge on any atom is -0.507 e. The second-order valence-electron chi connectivity index (χ2n) is 4.94. The molecule has 1 amide bonds. The smallest absolute Gasteiger partial charge is 0.291 e. The van der Waals surface area contributed by atoms with E-state index < -0.39 is 0 Å². The van der Waals surface area contributed by atoms with Crippen LogP contribution in [0.2, 0.25) is 0 Å². The number of hydrogen-bond acceptors (Lipinski definition) is 4. The third-order valence-electron chi connectivity index (χ3n) is 3.21. The van der Waals surface area contributed by atoms with Gasteiger partial charge >= 0.3 is 0 Å². The topological polar surface area (TPSA) is 74.8 Å². The van der Waals surface area contributed by atoms with Crippen LogP contribution in [-0.2, 0) is 0 Å². The Labute approximate surface area is 146 Å². The molecule has 0 atom stereocenters. The van der Waals surface area contributed by atoms with E-state index in [1.807, 2.05) is 0 Å².